The zero-order chi connectivity index (χ0) is 21.3. The van der Waals surface area contributed by atoms with Gasteiger partial charge in [-0.25, -0.2) is 0 Å². The highest BCUT2D eigenvalue weighted by atomic mass is 32.2. The molecule has 0 fully saturated rings. The molecule has 0 spiro atoms. The number of aldehydes is 1. The van der Waals surface area contributed by atoms with E-state index >= 15 is 0 Å². The van der Waals surface area contributed by atoms with Gasteiger partial charge in [0.25, 0.3) is 0 Å². The van der Waals surface area contributed by atoms with Crippen molar-refractivity contribution in [2.45, 2.75) is 18.9 Å². The summed E-state index contributed by atoms with van der Waals surface area (Å²) < 4.78 is 66.5. The van der Waals surface area contributed by atoms with Crippen LogP contribution in [-0.4, -0.2) is 20.2 Å². The summed E-state index contributed by atoms with van der Waals surface area (Å²) in [7, 11) is -5.84. The predicted octanol–water partition coefficient (Wildman–Crippen LogP) is 4.90. The summed E-state index contributed by atoms with van der Waals surface area (Å²) >= 11 is 0. The van der Waals surface area contributed by atoms with Gasteiger partial charge in [0.2, 0.25) is 0 Å². The maximum absolute atomic E-state index is 12.9. The third kappa shape index (κ3) is 3.98. The summed E-state index contributed by atoms with van der Waals surface area (Å²) in [5, 5.41) is 0. The standard InChI is InChI=1S/C21H17F3O4S/c1-20(13-15-7-3-2-4-8-15)18(17-10-6-5-9-16(17)14-25)11-12-19(20)28-29(26,27)21(22,23)24/h2-12,14H,13H2,1H3. The van der Waals surface area contributed by atoms with Crippen molar-refractivity contribution in [1.29, 1.82) is 0 Å². The number of carbonyl (C=O) groups is 1. The molecule has 0 N–H and O–H groups in total. The van der Waals surface area contributed by atoms with E-state index in [0.717, 1.165) is 5.56 Å². The number of alkyl halides is 3. The Hall–Kier alpha value is -2.87. The summed E-state index contributed by atoms with van der Waals surface area (Å²) in [5.41, 5.74) is -4.68. The Morgan fingerprint density at radius 2 is 1.62 bits per heavy atom. The van der Waals surface area contributed by atoms with Crippen LogP contribution in [0.2, 0.25) is 0 Å². The van der Waals surface area contributed by atoms with E-state index in [1.54, 1.807) is 61.5 Å². The number of hydrogen-bond donors (Lipinski definition) is 0. The molecule has 29 heavy (non-hydrogen) atoms. The fraction of sp³-hybridized carbons (Fsp3) is 0.190. The zero-order valence-electron chi connectivity index (χ0n) is 15.3. The number of rotatable bonds is 6. The third-order valence-electron chi connectivity index (χ3n) is 4.80. The van der Waals surface area contributed by atoms with Gasteiger partial charge in [-0.2, -0.15) is 21.6 Å². The molecule has 0 aromatic heterocycles. The molecule has 0 saturated heterocycles. The first kappa shape index (κ1) is 20.9. The first-order valence-corrected chi connectivity index (χ1v) is 10.0. The molecule has 1 atom stereocenters. The summed E-state index contributed by atoms with van der Waals surface area (Å²) in [4.78, 5) is 11.5. The van der Waals surface area contributed by atoms with Gasteiger partial charge in [-0.05, 0) is 36.1 Å². The van der Waals surface area contributed by atoms with Gasteiger partial charge in [-0.15, -0.1) is 0 Å². The van der Waals surface area contributed by atoms with Crippen LogP contribution in [0.3, 0.4) is 0 Å². The fourth-order valence-electron chi connectivity index (χ4n) is 3.36. The fourth-order valence-corrected chi connectivity index (χ4v) is 3.93. The minimum absolute atomic E-state index is 0.173. The average Bonchev–Trinajstić information content (AvgIpc) is 2.96. The van der Waals surface area contributed by atoms with E-state index in [1.165, 1.54) is 12.2 Å². The van der Waals surface area contributed by atoms with Crippen molar-refractivity contribution in [2.24, 2.45) is 5.41 Å². The van der Waals surface area contributed by atoms with Crippen LogP contribution in [0, 0.1) is 5.41 Å². The van der Waals surface area contributed by atoms with Crippen LogP contribution >= 0.6 is 0 Å². The second kappa shape index (κ2) is 7.51. The number of benzene rings is 2. The van der Waals surface area contributed by atoms with E-state index in [9.17, 15) is 26.4 Å². The minimum Gasteiger partial charge on any atom is -0.380 e. The van der Waals surface area contributed by atoms with Gasteiger partial charge in [0, 0.05) is 5.56 Å². The van der Waals surface area contributed by atoms with Gasteiger partial charge in [-0.1, -0.05) is 60.7 Å². The molecule has 152 valence electrons. The molecule has 0 saturated carbocycles. The van der Waals surface area contributed by atoms with Crippen molar-refractivity contribution in [3.63, 3.8) is 0 Å². The van der Waals surface area contributed by atoms with Crippen molar-refractivity contribution in [2.75, 3.05) is 0 Å². The normalized spacial score (nSPS) is 19.4. The lowest BCUT2D eigenvalue weighted by atomic mass is 9.74. The molecule has 2 aromatic rings. The van der Waals surface area contributed by atoms with Gasteiger partial charge in [0.15, 0.2) is 6.29 Å². The van der Waals surface area contributed by atoms with Crippen LogP contribution in [0.5, 0.6) is 0 Å². The van der Waals surface area contributed by atoms with Crippen LogP contribution in [0.4, 0.5) is 13.2 Å². The highest BCUT2D eigenvalue weighted by Crippen LogP contribution is 2.50. The lowest BCUT2D eigenvalue weighted by molar-refractivity contribution is -0.0528. The van der Waals surface area contributed by atoms with Crippen molar-refractivity contribution in [3.05, 3.63) is 89.2 Å². The molecule has 1 aliphatic carbocycles. The van der Waals surface area contributed by atoms with Gasteiger partial charge >= 0.3 is 15.6 Å². The van der Waals surface area contributed by atoms with Gasteiger partial charge in [0.05, 0.1) is 5.41 Å². The Bertz CT molecular complexity index is 1090. The van der Waals surface area contributed by atoms with Gasteiger partial charge < -0.3 is 4.18 Å². The lowest BCUT2D eigenvalue weighted by Crippen LogP contribution is -2.31. The van der Waals surface area contributed by atoms with Gasteiger partial charge in [0.1, 0.15) is 5.76 Å². The van der Waals surface area contributed by atoms with Crippen molar-refractivity contribution in [1.82, 2.24) is 0 Å². The second-order valence-electron chi connectivity index (χ2n) is 6.79. The third-order valence-corrected chi connectivity index (χ3v) is 5.77. The maximum atomic E-state index is 12.9. The number of allylic oxidation sites excluding steroid dienone is 3. The summed E-state index contributed by atoms with van der Waals surface area (Å²) in [6.07, 6.45) is 3.52. The van der Waals surface area contributed by atoms with Crippen LogP contribution in [0.1, 0.15) is 28.4 Å². The zero-order valence-corrected chi connectivity index (χ0v) is 16.1. The molecule has 1 unspecified atom stereocenters. The molecule has 2 aromatic carbocycles. The van der Waals surface area contributed by atoms with Crippen molar-refractivity contribution >= 4 is 22.0 Å². The molecular weight excluding hydrogens is 405 g/mol. The highest BCUT2D eigenvalue weighted by Gasteiger charge is 2.51. The molecule has 4 nitrogen and oxygen atoms in total. The van der Waals surface area contributed by atoms with E-state index in [-0.39, 0.29) is 12.2 Å². The van der Waals surface area contributed by atoms with E-state index in [4.69, 9.17) is 0 Å². The van der Waals surface area contributed by atoms with Gasteiger partial charge in [-0.3, -0.25) is 4.79 Å². The van der Waals surface area contributed by atoms with E-state index < -0.39 is 21.0 Å². The summed E-state index contributed by atoms with van der Waals surface area (Å²) in [6.45, 7) is 1.60. The Morgan fingerprint density at radius 3 is 2.24 bits per heavy atom. The first-order valence-electron chi connectivity index (χ1n) is 8.61. The molecule has 3 rings (SSSR count). The Kier molecular flexibility index (Phi) is 5.40. The molecule has 0 heterocycles. The second-order valence-corrected chi connectivity index (χ2v) is 8.33. The Morgan fingerprint density at radius 1 is 1.00 bits per heavy atom. The molecule has 1 aliphatic rings. The Balaban J connectivity index is 2.08. The molecule has 8 heteroatoms. The first-order chi connectivity index (χ1) is 13.6. The van der Waals surface area contributed by atoms with Crippen LogP contribution in [-0.2, 0) is 20.7 Å². The average molecular weight is 422 g/mol. The summed E-state index contributed by atoms with van der Waals surface area (Å²) in [5.74, 6) is -0.352. The van der Waals surface area contributed by atoms with E-state index in [1.807, 2.05) is 0 Å². The smallest absolute Gasteiger partial charge is 0.380 e. The molecular formula is C21H17F3O4S. The molecule has 0 radical (unpaired) electrons. The number of halogens is 3. The molecule has 0 bridgehead atoms. The maximum Gasteiger partial charge on any atom is 0.534 e. The summed E-state index contributed by atoms with van der Waals surface area (Å²) in [6, 6.07) is 15.5. The molecule has 0 amide bonds. The highest BCUT2D eigenvalue weighted by molar-refractivity contribution is 7.87. The number of carbonyl (C=O) groups excluding carboxylic acids is 1. The topological polar surface area (TPSA) is 60.4 Å². The monoisotopic (exact) mass is 422 g/mol. The SMILES string of the molecule is CC1(Cc2ccccc2)C(OS(=O)(=O)C(F)(F)F)=CC=C1c1ccccc1C=O. The minimum atomic E-state index is -5.84. The number of hydrogen-bond acceptors (Lipinski definition) is 4. The van der Waals surface area contributed by atoms with E-state index in [2.05, 4.69) is 4.18 Å². The lowest BCUT2D eigenvalue weighted by Gasteiger charge is -2.32. The van der Waals surface area contributed by atoms with Crippen LogP contribution in [0.15, 0.2) is 72.5 Å². The van der Waals surface area contributed by atoms with Crippen LogP contribution < -0.4 is 0 Å². The van der Waals surface area contributed by atoms with Crippen molar-refractivity contribution < 1.29 is 30.6 Å². The van der Waals surface area contributed by atoms with Crippen LogP contribution in [0.25, 0.3) is 5.57 Å². The molecule has 0 aliphatic heterocycles. The Labute approximate surface area is 166 Å². The largest absolute Gasteiger partial charge is 0.534 e. The van der Waals surface area contributed by atoms with E-state index in [0.29, 0.717) is 23.0 Å². The quantitative estimate of drug-likeness (QED) is 0.378. The predicted molar refractivity (Wildman–Crippen MR) is 102 cm³/mol. The van der Waals surface area contributed by atoms with Crippen molar-refractivity contribution in [3.8, 4) is 0 Å².